The Kier molecular flexibility index (Phi) is 8.34. The summed E-state index contributed by atoms with van der Waals surface area (Å²) >= 11 is 0. The molecule has 5 rings (SSSR count). The van der Waals surface area contributed by atoms with Crippen molar-refractivity contribution in [2.24, 2.45) is 5.92 Å². The fraction of sp³-hybridized carbons (Fsp3) is 0.552. The molecule has 0 spiro atoms. The van der Waals surface area contributed by atoms with Gasteiger partial charge in [-0.15, -0.1) is 0 Å². The number of methoxy groups -OCH3 is 1. The molecule has 2 aromatic carbocycles. The molecule has 0 radical (unpaired) electrons. The van der Waals surface area contributed by atoms with Gasteiger partial charge in [0.05, 0.1) is 25.4 Å². The van der Waals surface area contributed by atoms with Crippen molar-refractivity contribution in [2.45, 2.75) is 74.9 Å². The van der Waals surface area contributed by atoms with Gasteiger partial charge in [-0.1, -0.05) is 19.3 Å². The van der Waals surface area contributed by atoms with E-state index in [0.29, 0.717) is 25.1 Å². The number of benzene rings is 2. The second-order valence-corrected chi connectivity index (χ2v) is 10.9. The zero-order valence-corrected chi connectivity index (χ0v) is 22.7. The van der Waals surface area contributed by atoms with Crippen LogP contribution in [0.3, 0.4) is 0 Å². The molecular formula is C29H34F5N3O4. The summed E-state index contributed by atoms with van der Waals surface area (Å²) in [7, 11) is 1.42. The van der Waals surface area contributed by atoms with Crippen LogP contribution in [0.4, 0.5) is 32.4 Å². The summed E-state index contributed by atoms with van der Waals surface area (Å²) in [6.07, 6.45) is 0.159. The molecule has 3 aliphatic rings. The lowest BCUT2D eigenvalue weighted by Crippen LogP contribution is -2.71. The van der Waals surface area contributed by atoms with E-state index in [-0.39, 0.29) is 30.4 Å². The maximum absolute atomic E-state index is 14.4. The number of halogens is 5. The first-order valence-electron chi connectivity index (χ1n) is 13.9. The van der Waals surface area contributed by atoms with Crippen LogP contribution in [0.1, 0.15) is 56.9 Å². The van der Waals surface area contributed by atoms with Gasteiger partial charge in [-0.3, -0.25) is 5.32 Å². The molecule has 41 heavy (non-hydrogen) atoms. The third-order valence-electron chi connectivity index (χ3n) is 8.44. The number of carbonyl (C=O) groups excluding carboxylic acids is 1. The molecule has 1 aliphatic carbocycles. The van der Waals surface area contributed by atoms with Gasteiger partial charge < -0.3 is 24.8 Å². The van der Waals surface area contributed by atoms with Crippen LogP contribution in [0.5, 0.6) is 11.5 Å². The van der Waals surface area contributed by atoms with Crippen molar-refractivity contribution in [1.29, 1.82) is 0 Å². The molecule has 2 aliphatic heterocycles. The fourth-order valence-electron chi connectivity index (χ4n) is 6.29. The van der Waals surface area contributed by atoms with E-state index in [1.807, 2.05) is 0 Å². The predicted octanol–water partition coefficient (Wildman–Crippen LogP) is 6.38. The molecule has 2 aromatic rings. The highest BCUT2D eigenvalue weighted by Crippen LogP contribution is 2.53. The molecule has 2 saturated heterocycles. The third kappa shape index (κ3) is 5.68. The fourth-order valence-corrected chi connectivity index (χ4v) is 6.29. The van der Waals surface area contributed by atoms with Gasteiger partial charge in [0.2, 0.25) is 0 Å². The van der Waals surface area contributed by atoms with Crippen molar-refractivity contribution in [2.75, 3.05) is 25.6 Å². The number of nitrogens with one attached hydrogen (secondary N) is 3. The van der Waals surface area contributed by atoms with Gasteiger partial charge in [0.1, 0.15) is 23.1 Å². The van der Waals surface area contributed by atoms with Crippen molar-refractivity contribution in [1.82, 2.24) is 10.6 Å². The van der Waals surface area contributed by atoms with Crippen molar-refractivity contribution in [3.8, 4) is 11.5 Å². The number of piperidine rings is 1. The first-order valence-corrected chi connectivity index (χ1v) is 13.9. The lowest BCUT2D eigenvalue weighted by atomic mass is 9.75. The molecule has 12 heteroatoms. The maximum Gasteiger partial charge on any atom is 0.421 e. The van der Waals surface area contributed by atoms with Crippen LogP contribution < -0.4 is 25.4 Å². The first-order chi connectivity index (χ1) is 19.6. The summed E-state index contributed by atoms with van der Waals surface area (Å²) in [5.41, 5.74) is -4.51. The van der Waals surface area contributed by atoms with E-state index in [1.165, 1.54) is 31.4 Å². The van der Waals surface area contributed by atoms with E-state index in [2.05, 4.69) is 16.0 Å². The van der Waals surface area contributed by atoms with Gasteiger partial charge in [-0.2, -0.15) is 13.2 Å². The Morgan fingerprint density at radius 2 is 1.80 bits per heavy atom. The van der Waals surface area contributed by atoms with Crippen LogP contribution in [0.15, 0.2) is 36.4 Å². The van der Waals surface area contributed by atoms with Gasteiger partial charge in [0.15, 0.2) is 11.3 Å². The first kappa shape index (κ1) is 29.4. The Hall–Kier alpha value is -3.12. The molecular weight excluding hydrogens is 549 g/mol. The topological polar surface area (TPSA) is 80.9 Å². The Balaban J connectivity index is 1.50. The summed E-state index contributed by atoms with van der Waals surface area (Å²) in [5.74, 6) is -1.48. The van der Waals surface area contributed by atoms with Crippen LogP contribution in [0.2, 0.25) is 0 Å². The molecule has 0 bridgehead atoms. The minimum atomic E-state index is -4.80. The third-order valence-corrected chi connectivity index (χ3v) is 8.44. The Bertz CT molecular complexity index is 1250. The number of carbonyl (C=O) groups is 1. The largest absolute Gasteiger partial charge is 0.497 e. The van der Waals surface area contributed by atoms with E-state index < -0.39 is 46.8 Å². The summed E-state index contributed by atoms with van der Waals surface area (Å²) in [4.78, 5) is 13.2. The standard InChI is InChI=1S/C29H34F5N3O4/c1-39-20-10-11-22(31)23(17-20)36-26(38)37-25-8-5-14-35-28(25,18-6-3-2-4-7-18)41-24-12-9-19(30)16-21(24)27(13-15-40-27)29(32,33)34/h9-12,16-18,25,35H,2-8,13-15H2,1H3,(H2,36,37,38). The lowest BCUT2D eigenvalue weighted by Gasteiger charge is -2.51. The molecule has 3 unspecified atom stereocenters. The highest BCUT2D eigenvalue weighted by molar-refractivity contribution is 5.90. The van der Waals surface area contributed by atoms with Gasteiger partial charge in [-0.25, -0.2) is 13.6 Å². The van der Waals surface area contributed by atoms with Gasteiger partial charge >= 0.3 is 12.2 Å². The van der Waals surface area contributed by atoms with E-state index in [9.17, 15) is 26.7 Å². The average Bonchev–Trinajstić information content (AvgIpc) is 2.91. The predicted molar refractivity (Wildman–Crippen MR) is 141 cm³/mol. The molecule has 2 amide bonds. The molecule has 3 atom stereocenters. The number of ether oxygens (including phenoxy) is 3. The normalized spacial score (nSPS) is 27.0. The van der Waals surface area contributed by atoms with E-state index in [0.717, 1.165) is 44.2 Å². The lowest BCUT2D eigenvalue weighted by molar-refractivity contribution is -0.334. The van der Waals surface area contributed by atoms with Crippen molar-refractivity contribution in [3.63, 3.8) is 0 Å². The quantitative estimate of drug-likeness (QED) is 0.330. The van der Waals surface area contributed by atoms with E-state index in [1.54, 1.807) is 0 Å². The van der Waals surface area contributed by atoms with Crippen molar-refractivity contribution in [3.05, 3.63) is 53.6 Å². The molecule has 1 saturated carbocycles. The van der Waals surface area contributed by atoms with Crippen LogP contribution in [0.25, 0.3) is 0 Å². The number of urea groups is 1. The van der Waals surface area contributed by atoms with Gasteiger partial charge in [-0.05, 0) is 62.6 Å². The average molecular weight is 584 g/mol. The number of anilines is 1. The zero-order valence-electron chi connectivity index (χ0n) is 22.7. The molecule has 0 aromatic heterocycles. The smallest absolute Gasteiger partial charge is 0.421 e. The van der Waals surface area contributed by atoms with Gasteiger partial charge in [0, 0.05) is 24.0 Å². The molecule has 3 fully saturated rings. The number of rotatable bonds is 7. The maximum atomic E-state index is 14.4. The number of hydrogen-bond donors (Lipinski definition) is 3. The molecule has 224 valence electrons. The monoisotopic (exact) mass is 583 g/mol. The SMILES string of the molecule is COc1ccc(F)c(NC(=O)NC2CCCNC2(Oc2ccc(F)cc2C2(C(F)(F)F)CCO2)C2CCCCC2)c1. The summed E-state index contributed by atoms with van der Waals surface area (Å²) in [6.45, 7) is 0.380. The van der Waals surface area contributed by atoms with E-state index in [4.69, 9.17) is 14.2 Å². The minimum absolute atomic E-state index is 0.0927. The van der Waals surface area contributed by atoms with Crippen molar-refractivity contribution < 1.29 is 41.0 Å². The number of hydrogen-bond acceptors (Lipinski definition) is 5. The molecule has 3 N–H and O–H groups in total. The Morgan fingerprint density at radius 3 is 2.46 bits per heavy atom. The summed E-state index contributed by atoms with van der Waals surface area (Å²) in [6, 6.07) is 5.60. The van der Waals surface area contributed by atoms with Crippen LogP contribution >= 0.6 is 0 Å². The summed E-state index contributed by atoms with van der Waals surface area (Å²) < 4.78 is 88.5. The zero-order chi connectivity index (χ0) is 29.3. The second kappa shape index (κ2) is 11.6. The van der Waals surface area contributed by atoms with E-state index >= 15 is 0 Å². The highest BCUT2D eigenvalue weighted by atomic mass is 19.4. The highest BCUT2D eigenvalue weighted by Gasteiger charge is 2.63. The van der Waals surface area contributed by atoms with Crippen LogP contribution in [0, 0.1) is 17.6 Å². The van der Waals surface area contributed by atoms with Crippen LogP contribution in [-0.2, 0) is 10.3 Å². The Morgan fingerprint density at radius 1 is 1.05 bits per heavy atom. The number of amides is 2. The summed E-state index contributed by atoms with van der Waals surface area (Å²) in [5, 5.41) is 8.80. The van der Waals surface area contributed by atoms with Gasteiger partial charge in [0.25, 0.3) is 0 Å². The Labute approximate surface area is 235 Å². The molecule has 2 heterocycles. The molecule has 7 nitrogen and oxygen atoms in total. The second-order valence-electron chi connectivity index (χ2n) is 10.9. The number of alkyl halides is 3. The minimum Gasteiger partial charge on any atom is -0.497 e. The van der Waals surface area contributed by atoms with Crippen LogP contribution in [-0.4, -0.2) is 44.2 Å². The van der Waals surface area contributed by atoms with Crippen molar-refractivity contribution >= 4 is 11.7 Å².